The number of hydrogen-bond acceptors (Lipinski definition) is 8. The van der Waals surface area contributed by atoms with Crippen LogP contribution in [0.1, 0.15) is 21.5 Å². The van der Waals surface area contributed by atoms with Crippen molar-refractivity contribution < 1.29 is 53.7 Å². The first-order chi connectivity index (χ1) is 16.0. The molecule has 0 saturated heterocycles. The second kappa shape index (κ2) is 11.4. The normalized spacial score (nSPS) is 11.4. The number of nitrogens with zero attached hydrogens (tertiary/aromatic N) is 2. The number of rotatable bonds is 8. The van der Waals surface area contributed by atoms with E-state index in [2.05, 4.69) is 8.75 Å². The molecule has 0 amide bonds. The van der Waals surface area contributed by atoms with Gasteiger partial charge in [0.1, 0.15) is 22.5 Å². The third-order valence-electron chi connectivity index (χ3n) is 5.19. The van der Waals surface area contributed by atoms with E-state index in [1.807, 2.05) is 6.07 Å². The molecule has 4 aromatic rings. The maximum atomic E-state index is 13.6. The van der Waals surface area contributed by atoms with Crippen molar-refractivity contribution in [2.45, 2.75) is 6.42 Å². The average molecular weight is 482 g/mol. The van der Waals surface area contributed by atoms with Gasteiger partial charge in [-0.15, -0.1) is 0 Å². The Balaban J connectivity index is 0.00000324. The molecule has 0 aliphatic heterocycles. The van der Waals surface area contributed by atoms with Crippen molar-refractivity contribution in [2.75, 3.05) is 14.2 Å². The number of carbonyl (C=O) groups is 2. The van der Waals surface area contributed by atoms with E-state index in [0.29, 0.717) is 33.7 Å². The summed E-state index contributed by atoms with van der Waals surface area (Å²) < 4.78 is 18.8. The summed E-state index contributed by atoms with van der Waals surface area (Å²) in [7, 11) is 3.07. The number of carboxylic acids is 1. The summed E-state index contributed by atoms with van der Waals surface area (Å²) in [5.41, 5.74) is 2.50. The molecule has 0 aliphatic rings. The van der Waals surface area contributed by atoms with Gasteiger partial charge in [0.2, 0.25) is 0 Å². The Bertz CT molecular complexity index is 1370. The van der Waals surface area contributed by atoms with Crippen molar-refractivity contribution in [3.8, 4) is 11.5 Å². The number of methoxy groups -OCH3 is 2. The van der Waals surface area contributed by atoms with Gasteiger partial charge in [-0.25, -0.2) is 0 Å². The quantitative estimate of drug-likeness (QED) is 0.203. The molecule has 1 heterocycles. The zero-order valence-electron chi connectivity index (χ0n) is 18.9. The molecule has 0 atom stereocenters. The molecule has 0 unspecified atom stereocenters. The SMILES string of the molecule is COc1ccc(C(=O)C(Cc2cccc(OC)c2)=C(C(=O)[O-])c2ccc3nsnc3c2)cc1.[Na+]. The van der Waals surface area contributed by atoms with Crippen molar-refractivity contribution in [3.63, 3.8) is 0 Å². The fourth-order valence-corrected chi connectivity index (χ4v) is 4.06. The van der Waals surface area contributed by atoms with Crippen molar-refractivity contribution in [1.29, 1.82) is 0 Å². The van der Waals surface area contributed by atoms with E-state index in [0.717, 1.165) is 17.3 Å². The molecule has 0 bridgehead atoms. The van der Waals surface area contributed by atoms with Crippen LogP contribution in [0, 0.1) is 0 Å². The van der Waals surface area contributed by atoms with E-state index < -0.39 is 11.8 Å². The maximum absolute atomic E-state index is 13.6. The Hall–Kier alpha value is -3.04. The van der Waals surface area contributed by atoms with Crippen LogP contribution in [0.15, 0.2) is 72.3 Å². The molecule has 34 heavy (non-hydrogen) atoms. The first-order valence-corrected chi connectivity index (χ1v) is 10.7. The number of aliphatic carboxylic acids is 1. The zero-order chi connectivity index (χ0) is 23.4. The minimum absolute atomic E-state index is 0. The maximum Gasteiger partial charge on any atom is 1.00 e. The second-order valence-corrected chi connectivity index (χ2v) is 7.72. The number of allylic oxidation sites excluding steroid dienone is 1. The van der Waals surface area contributed by atoms with Gasteiger partial charge < -0.3 is 19.4 Å². The predicted octanol–water partition coefficient (Wildman–Crippen LogP) is 0.342. The monoisotopic (exact) mass is 482 g/mol. The summed E-state index contributed by atoms with van der Waals surface area (Å²) in [5, 5.41) is 12.4. The van der Waals surface area contributed by atoms with Gasteiger partial charge in [-0.1, -0.05) is 18.2 Å². The Labute approximate surface area is 222 Å². The van der Waals surface area contributed by atoms with E-state index in [1.165, 1.54) is 7.11 Å². The van der Waals surface area contributed by atoms with Gasteiger partial charge >= 0.3 is 29.6 Å². The summed E-state index contributed by atoms with van der Waals surface area (Å²) in [6, 6.07) is 18.6. The molecule has 7 nitrogen and oxygen atoms in total. The van der Waals surface area contributed by atoms with Crippen LogP contribution in [-0.2, 0) is 11.2 Å². The number of carboxylic acid groups (broad SMARTS) is 1. The van der Waals surface area contributed by atoms with Crippen LogP contribution in [0.3, 0.4) is 0 Å². The van der Waals surface area contributed by atoms with Crippen LogP contribution in [0.2, 0.25) is 0 Å². The minimum Gasteiger partial charge on any atom is -0.545 e. The van der Waals surface area contributed by atoms with Crippen LogP contribution in [0.25, 0.3) is 16.6 Å². The van der Waals surface area contributed by atoms with E-state index in [9.17, 15) is 14.7 Å². The van der Waals surface area contributed by atoms with E-state index in [1.54, 1.807) is 67.8 Å². The first-order valence-electron chi connectivity index (χ1n) is 9.99. The standard InChI is InChI=1S/C25H20N2O5S.Na/c1-31-18-9-6-16(7-10-18)24(28)20(13-15-4-3-5-19(12-15)32-2)23(25(29)30)17-8-11-21-22(14-17)27-33-26-21;/h3-12,14H,13H2,1-2H3,(H,29,30);/q;+1/p-1. The van der Waals surface area contributed by atoms with Crippen LogP contribution in [-0.4, -0.2) is 34.7 Å². The number of benzene rings is 3. The van der Waals surface area contributed by atoms with Crippen LogP contribution in [0.5, 0.6) is 11.5 Å². The van der Waals surface area contributed by atoms with E-state index >= 15 is 0 Å². The van der Waals surface area contributed by atoms with Crippen LogP contribution in [0.4, 0.5) is 0 Å². The van der Waals surface area contributed by atoms with Crippen LogP contribution >= 0.6 is 11.7 Å². The topological polar surface area (TPSA) is 101 Å². The van der Waals surface area contributed by atoms with Gasteiger partial charge in [-0.05, 0) is 59.7 Å². The molecule has 9 heteroatoms. The van der Waals surface area contributed by atoms with Crippen molar-refractivity contribution in [2.24, 2.45) is 0 Å². The van der Waals surface area contributed by atoms with Crippen LogP contribution < -0.4 is 44.1 Å². The first kappa shape index (κ1) is 25.6. The van der Waals surface area contributed by atoms with Gasteiger partial charge in [0, 0.05) is 23.1 Å². The number of ether oxygens (including phenoxy) is 2. The summed E-state index contributed by atoms with van der Waals surface area (Å²) >= 11 is 1.03. The second-order valence-electron chi connectivity index (χ2n) is 7.19. The van der Waals surface area contributed by atoms with E-state index in [-0.39, 0.29) is 47.1 Å². The Morgan fingerprint density at radius 3 is 2.21 bits per heavy atom. The molecular weight excluding hydrogens is 463 g/mol. The summed E-state index contributed by atoms with van der Waals surface area (Å²) in [6.45, 7) is 0. The number of Topliss-reactive ketones (excluding diaryl/α,β-unsaturated/α-hetero) is 1. The number of aromatic nitrogens is 2. The molecule has 0 radical (unpaired) electrons. The minimum atomic E-state index is -1.45. The van der Waals surface area contributed by atoms with Crippen molar-refractivity contribution in [1.82, 2.24) is 8.75 Å². The number of hydrogen-bond donors (Lipinski definition) is 0. The van der Waals surface area contributed by atoms with Crippen molar-refractivity contribution >= 4 is 40.1 Å². The summed E-state index contributed by atoms with van der Waals surface area (Å²) in [4.78, 5) is 26.0. The fraction of sp³-hybridized carbons (Fsp3) is 0.120. The molecule has 0 spiro atoms. The third-order valence-corrected chi connectivity index (χ3v) is 5.75. The van der Waals surface area contributed by atoms with E-state index in [4.69, 9.17) is 9.47 Å². The fourth-order valence-electron chi connectivity index (χ4n) is 3.54. The zero-order valence-corrected chi connectivity index (χ0v) is 21.7. The molecule has 0 aliphatic carbocycles. The van der Waals surface area contributed by atoms with Gasteiger partial charge in [0.25, 0.3) is 0 Å². The Morgan fingerprint density at radius 1 is 0.853 bits per heavy atom. The summed E-state index contributed by atoms with van der Waals surface area (Å²) in [6.07, 6.45) is 0.0682. The Kier molecular flexibility index (Phi) is 8.57. The number of carbonyl (C=O) groups excluding carboxylic acids is 2. The third kappa shape index (κ3) is 5.53. The van der Waals surface area contributed by atoms with Gasteiger partial charge in [0.05, 0.1) is 31.9 Å². The molecule has 0 fully saturated rings. The van der Waals surface area contributed by atoms with Gasteiger partial charge in [-0.3, -0.25) is 4.79 Å². The average Bonchev–Trinajstić information content (AvgIpc) is 3.31. The predicted molar refractivity (Wildman–Crippen MR) is 123 cm³/mol. The molecule has 1 aromatic heterocycles. The molecule has 3 aromatic carbocycles. The molecule has 0 saturated carbocycles. The smallest absolute Gasteiger partial charge is 0.545 e. The molecular formula is C25H19N2NaO5S. The summed E-state index contributed by atoms with van der Waals surface area (Å²) in [5.74, 6) is -0.673. The van der Waals surface area contributed by atoms with Gasteiger partial charge in [0.15, 0.2) is 5.78 Å². The largest absolute Gasteiger partial charge is 1.00 e. The molecule has 0 N–H and O–H groups in total. The van der Waals surface area contributed by atoms with Gasteiger partial charge in [-0.2, -0.15) is 8.75 Å². The molecule has 166 valence electrons. The van der Waals surface area contributed by atoms with Crippen molar-refractivity contribution in [3.05, 3.63) is 89.0 Å². The molecule has 4 rings (SSSR count). The number of fused-ring (bicyclic) bond motifs is 1. The number of ketones is 1. The Morgan fingerprint density at radius 2 is 1.53 bits per heavy atom.